The van der Waals surface area contributed by atoms with E-state index in [1.54, 1.807) is 0 Å². The smallest absolute Gasteiger partial charge is 0.0507 e. The third-order valence-corrected chi connectivity index (χ3v) is 4.35. The Morgan fingerprint density at radius 2 is 2.00 bits per heavy atom. The second-order valence-corrected chi connectivity index (χ2v) is 5.57. The first-order valence-electron chi connectivity index (χ1n) is 5.37. The summed E-state index contributed by atoms with van der Waals surface area (Å²) in [6.07, 6.45) is 1.84. The van der Waals surface area contributed by atoms with Gasteiger partial charge in [0.1, 0.15) is 0 Å². The summed E-state index contributed by atoms with van der Waals surface area (Å²) in [5.74, 6) is 0.398. The van der Waals surface area contributed by atoms with Crippen molar-refractivity contribution in [1.29, 1.82) is 0 Å². The molecule has 0 aliphatic carbocycles. The van der Waals surface area contributed by atoms with Crippen molar-refractivity contribution in [3.05, 3.63) is 33.8 Å². The van der Waals surface area contributed by atoms with Crippen molar-refractivity contribution >= 4 is 35.8 Å². The summed E-state index contributed by atoms with van der Waals surface area (Å²) in [6.45, 7) is 1.55. The first-order chi connectivity index (χ1) is 7.68. The van der Waals surface area contributed by atoms with Crippen molar-refractivity contribution < 1.29 is 4.74 Å². The molecule has 88 valence electrons. The molecule has 2 rings (SSSR count). The summed E-state index contributed by atoms with van der Waals surface area (Å²) < 4.78 is 5.47. The maximum atomic E-state index is 6.15. The van der Waals surface area contributed by atoms with E-state index in [-0.39, 0.29) is 0 Å². The molecule has 0 saturated carbocycles. The van der Waals surface area contributed by atoms with Gasteiger partial charge in [-0.2, -0.15) is 12.6 Å². The van der Waals surface area contributed by atoms with E-state index in [9.17, 15) is 0 Å². The lowest BCUT2D eigenvalue weighted by atomic mass is 9.93. The minimum Gasteiger partial charge on any atom is -0.381 e. The highest BCUT2D eigenvalue weighted by Gasteiger charge is 2.24. The normalized spacial score (nSPS) is 25.7. The molecule has 0 amide bonds. The second kappa shape index (κ2) is 5.63. The molecule has 0 spiro atoms. The van der Waals surface area contributed by atoms with Crippen LogP contribution < -0.4 is 0 Å². The molecule has 4 heteroatoms. The number of halogens is 2. The van der Waals surface area contributed by atoms with Gasteiger partial charge < -0.3 is 4.74 Å². The number of hydrogen-bond acceptors (Lipinski definition) is 2. The zero-order chi connectivity index (χ0) is 11.5. The van der Waals surface area contributed by atoms with Gasteiger partial charge in [0.05, 0.1) is 6.61 Å². The Labute approximate surface area is 111 Å². The summed E-state index contributed by atoms with van der Waals surface area (Å²) in [5, 5.41) is 1.85. The SMILES string of the molecule is S[C@@H]1CCOC[C@H]1Cc1c(Cl)cccc1Cl. The molecule has 0 N–H and O–H groups in total. The molecule has 2 atom stereocenters. The number of ether oxygens (including phenoxy) is 1. The van der Waals surface area contributed by atoms with Crippen molar-refractivity contribution in [3.8, 4) is 0 Å². The number of thiol groups is 1. The van der Waals surface area contributed by atoms with Gasteiger partial charge in [-0.25, -0.2) is 0 Å². The molecule has 1 aliphatic heterocycles. The number of hydrogen-bond donors (Lipinski definition) is 1. The minimum atomic E-state index is 0.376. The highest BCUT2D eigenvalue weighted by Crippen LogP contribution is 2.31. The number of rotatable bonds is 2. The Balaban J connectivity index is 2.13. The van der Waals surface area contributed by atoms with Crippen molar-refractivity contribution in [3.63, 3.8) is 0 Å². The van der Waals surface area contributed by atoms with Crippen LogP contribution >= 0.6 is 35.8 Å². The van der Waals surface area contributed by atoms with Crippen LogP contribution in [0.2, 0.25) is 10.0 Å². The van der Waals surface area contributed by atoms with E-state index in [2.05, 4.69) is 12.6 Å². The van der Waals surface area contributed by atoms with Gasteiger partial charge >= 0.3 is 0 Å². The molecule has 0 bridgehead atoms. The van der Waals surface area contributed by atoms with E-state index in [0.29, 0.717) is 11.2 Å². The fourth-order valence-corrected chi connectivity index (χ4v) is 2.82. The molecule has 0 radical (unpaired) electrons. The van der Waals surface area contributed by atoms with Crippen LogP contribution in [-0.2, 0) is 11.2 Å². The van der Waals surface area contributed by atoms with Crippen molar-refractivity contribution in [2.24, 2.45) is 5.92 Å². The average Bonchev–Trinajstić information content (AvgIpc) is 2.26. The van der Waals surface area contributed by atoms with E-state index in [1.807, 2.05) is 18.2 Å². The Morgan fingerprint density at radius 1 is 1.31 bits per heavy atom. The monoisotopic (exact) mass is 276 g/mol. The van der Waals surface area contributed by atoms with Crippen molar-refractivity contribution in [2.75, 3.05) is 13.2 Å². The largest absolute Gasteiger partial charge is 0.381 e. The van der Waals surface area contributed by atoms with E-state index in [1.165, 1.54) is 0 Å². The highest BCUT2D eigenvalue weighted by molar-refractivity contribution is 7.81. The van der Waals surface area contributed by atoms with E-state index < -0.39 is 0 Å². The predicted octanol–water partition coefficient (Wildman–Crippen LogP) is 3.87. The van der Waals surface area contributed by atoms with Crippen LogP contribution in [0.3, 0.4) is 0 Å². The lowest BCUT2D eigenvalue weighted by Crippen LogP contribution is -2.29. The third kappa shape index (κ3) is 2.86. The van der Waals surface area contributed by atoms with Crippen LogP contribution in [0.5, 0.6) is 0 Å². The van der Waals surface area contributed by atoms with Gasteiger partial charge in [-0.15, -0.1) is 0 Å². The molecule has 1 nitrogen and oxygen atoms in total. The predicted molar refractivity (Wildman–Crippen MR) is 71.9 cm³/mol. The fraction of sp³-hybridized carbons (Fsp3) is 0.500. The Kier molecular flexibility index (Phi) is 4.42. The molecule has 1 fully saturated rings. The topological polar surface area (TPSA) is 9.23 Å². The summed E-state index contributed by atoms with van der Waals surface area (Å²) >= 11 is 16.9. The Morgan fingerprint density at radius 3 is 2.62 bits per heavy atom. The molecule has 1 heterocycles. The van der Waals surface area contributed by atoms with E-state index in [4.69, 9.17) is 27.9 Å². The van der Waals surface area contributed by atoms with Gasteiger partial charge in [0.2, 0.25) is 0 Å². The lowest BCUT2D eigenvalue weighted by Gasteiger charge is -2.28. The standard InChI is InChI=1S/C12H14Cl2OS/c13-10-2-1-3-11(14)9(10)6-8-7-15-5-4-12(8)16/h1-3,8,12,16H,4-7H2/t8-,12-/m1/s1. The Hall–Kier alpha value is 0.110. The maximum Gasteiger partial charge on any atom is 0.0507 e. The average molecular weight is 277 g/mol. The van der Waals surface area contributed by atoms with Crippen LogP contribution in [0.25, 0.3) is 0 Å². The van der Waals surface area contributed by atoms with Gasteiger partial charge in [0.25, 0.3) is 0 Å². The first-order valence-corrected chi connectivity index (χ1v) is 6.64. The van der Waals surface area contributed by atoms with E-state index >= 15 is 0 Å². The minimum absolute atomic E-state index is 0.376. The molecule has 1 aliphatic rings. The Bertz CT molecular complexity index is 350. The van der Waals surface area contributed by atoms with Gasteiger partial charge in [-0.3, -0.25) is 0 Å². The van der Waals surface area contributed by atoms with Crippen molar-refractivity contribution in [1.82, 2.24) is 0 Å². The summed E-state index contributed by atoms with van der Waals surface area (Å²) in [6, 6.07) is 5.61. The third-order valence-electron chi connectivity index (χ3n) is 2.96. The van der Waals surface area contributed by atoms with Crippen LogP contribution in [0, 0.1) is 5.92 Å². The van der Waals surface area contributed by atoms with Gasteiger partial charge in [0.15, 0.2) is 0 Å². The molecule has 1 saturated heterocycles. The van der Waals surface area contributed by atoms with Crippen LogP contribution in [-0.4, -0.2) is 18.5 Å². The van der Waals surface area contributed by atoms with Gasteiger partial charge in [-0.05, 0) is 36.5 Å². The zero-order valence-electron chi connectivity index (χ0n) is 8.83. The highest BCUT2D eigenvalue weighted by atomic mass is 35.5. The lowest BCUT2D eigenvalue weighted by molar-refractivity contribution is 0.0597. The zero-order valence-corrected chi connectivity index (χ0v) is 11.2. The van der Waals surface area contributed by atoms with Gasteiger partial charge in [0, 0.05) is 21.9 Å². The second-order valence-electron chi connectivity index (χ2n) is 4.10. The maximum absolute atomic E-state index is 6.15. The molecular formula is C12H14Cl2OS. The molecule has 0 unspecified atom stereocenters. The van der Waals surface area contributed by atoms with Crippen LogP contribution in [0.1, 0.15) is 12.0 Å². The summed E-state index contributed by atoms with van der Waals surface area (Å²) in [5.41, 5.74) is 1.01. The molecule has 1 aromatic rings. The van der Waals surface area contributed by atoms with Gasteiger partial charge in [-0.1, -0.05) is 29.3 Å². The molecule has 16 heavy (non-hydrogen) atoms. The number of benzene rings is 1. The molecule has 0 aromatic heterocycles. The molecular weight excluding hydrogens is 263 g/mol. The quantitative estimate of drug-likeness (QED) is 0.807. The first kappa shape index (κ1) is 12.6. The van der Waals surface area contributed by atoms with E-state index in [0.717, 1.165) is 41.7 Å². The van der Waals surface area contributed by atoms with Crippen LogP contribution in [0.4, 0.5) is 0 Å². The fourth-order valence-electron chi connectivity index (χ4n) is 1.97. The summed E-state index contributed by atoms with van der Waals surface area (Å²) in [7, 11) is 0. The summed E-state index contributed by atoms with van der Waals surface area (Å²) in [4.78, 5) is 0. The molecule has 1 aromatic carbocycles. The van der Waals surface area contributed by atoms with Crippen molar-refractivity contribution in [2.45, 2.75) is 18.1 Å². The van der Waals surface area contributed by atoms with Crippen LogP contribution in [0.15, 0.2) is 18.2 Å².